The van der Waals surface area contributed by atoms with Crippen LogP contribution in [-0.2, 0) is 10.2 Å². The molecule has 4 rings (SSSR count). The summed E-state index contributed by atoms with van der Waals surface area (Å²) in [7, 11) is 1.60. The number of likely N-dealkylation sites (tertiary alicyclic amines) is 1. The van der Waals surface area contributed by atoms with E-state index in [2.05, 4.69) is 18.4 Å². The van der Waals surface area contributed by atoms with E-state index in [1.54, 1.807) is 35.9 Å². The van der Waals surface area contributed by atoms with E-state index in [9.17, 15) is 9.18 Å². The van der Waals surface area contributed by atoms with Gasteiger partial charge in [0.1, 0.15) is 17.2 Å². The van der Waals surface area contributed by atoms with Crippen LogP contribution in [0.1, 0.15) is 58.7 Å². The minimum atomic E-state index is -0.496. The number of carbonyl (C=O) groups excluding carboxylic acids is 1. The van der Waals surface area contributed by atoms with Crippen LogP contribution in [-0.4, -0.2) is 52.1 Å². The molecule has 3 aromatic rings. The molecular formula is C30H37ClFN3O3S. The van der Waals surface area contributed by atoms with Crippen molar-refractivity contribution in [1.29, 1.82) is 0 Å². The van der Waals surface area contributed by atoms with Gasteiger partial charge in [-0.25, -0.2) is 14.2 Å². The van der Waals surface area contributed by atoms with Crippen molar-refractivity contribution >= 4 is 29.5 Å². The van der Waals surface area contributed by atoms with Gasteiger partial charge in [-0.2, -0.15) is 0 Å². The number of piperidine rings is 1. The third-order valence-electron chi connectivity index (χ3n) is 7.04. The van der Waals surface area contributed by atoms with Gasteiger partial charge in [-0.05, 0) is 81.5 Å². The first-order chi connectivity index (χ1) is 18.4. The summed E-state index contributed by atoms with van der Waals surface area (Å²) in [6, 6.07) is 12.3. The molecular weight excluding hydrogens is 537 g/mol. The molecule has 0 spiro atoms. The molecule has 39 heavy (non-hydrogen) atoms. The second-order valence-electron chi connectivity index (χ2n) is 11.4. The van der Waals surface area contributed by atoms with Crippen molar-refractivity contribution in [3.05, 3.63) is 70.8 Å². The highest BCUT2D eigenvalue weighted by molar-refractivity contribution is 7.99. The number of rotatable bonds is 7. The maximum atomic E-state index is 13.8. The van der Waals surface area contributed by atoms with Crippen LogP contribution in [0.25, 0.3) is 5.69 Å². The molecule has 1 saturated heterocycles. The first kappa shape index (κ1) is 29.3. The third-order valence-corrected chi connectivity index (χ3v) is 8.54. The molecule has 0 unspecified atom stereocenters. The zero-order valence-electron chi connectivity index (χ0n) is 23.5. The average molecular weight is 574 g/mol. The highest BCUT2D eigenvalue weighted by Gasteiger charge is 2.31. The number of aromatic nitrogens is 2. The number of ether oxygens (including phenoxy) is 2. The molecule has 0 N–H and O–H groups in total. The molecule has 1 aliphatic rings. The van der Waals surface area contributed by atoms with Crippen LogP contribution in [0, 0.1) is 11.7 Å². The highest BCUT2D eigenvalue weighted by atomic mass is 35.5. The molecule has 9 heteroatoms. The van der Waals surface area contributed by atoms with Gasteiger partial charge < -0.3 is 14.4 Å². The Kier molecular flexibility index (Phi) is 8.86. The van der Waals surface area contributed by atoms with Crippen LogP contribution in [0.5, 0.6) is 5.75 Å². The minimum Gasteiger partial charge on any atom is -0.495 e. The molecule has 1 amide bonds. The number of amides is 1. The van der Waals surface area contributed by atoms with E-state index >= 15 is 0 Å². The highest BCUT2D eigenvalue weighted by Crippen LogP contribution is 2.39. The number of thioether (sulfide) groups is 1. The number of hydrogen-bond acceptors (Lipinski definition) is 5. The summed E-state index contributed by atoms with van der Waals surface area (Å²) in [5.74, 6) is 1.65. The normalized spacial score (nSPS) is 14.9. The van der Waals surface area contributed by atoms with Gasteiger partial charge in [0.2, 0.25) is 0 Å². The molecule has 1 aromatic heterocycles. The Hall–Kier alpha value is -2.71. The number of benzene rings is 2. The molecule has 6 nitrogen and oxygen atoms in total. The SMILES string of the molecule is COc1cc(C(C)(C)c2cnc(SCC3CCN(C(=O)OC(C)(C)C)CC3)n2-c2ccc(F)cc2)ccc1Cl. The quantitative estimate of drug-likeness (QED) is 0.271. The Morgan fingerprint density at radius 2 is 1.77 bits per heavy atom. The number of carbonyl (C=O) groups is 1. The fourth-order valence-corrected chi connectivity index (χ4v) is 6.09. The molecule has 210 valence electrons. The minimum absolute atomic E-state index is 0.244. The summed E-state index contributed by atoms with van der Waals surface area (Å²) < 4.78 is 26.9. The van der Waals surface area contributed by atoms with Gasteiger partial charge in [0.05, 0.1) is 24.0 Å². The summed E-state index contributed by atoms with van der Waals surface area (Å²) in [5, 5.41) is 1.40. The molecule has 0 bridgehead atoms. The van der Waals surface area contributed by atoms with Crippen molar-refractivity contribution in [1.82, 2.24) is 14.5 Å². The first-order valence-electron chi connectivity index (χ1n) is 13.2. The van der Waals surface area contributed by atoms with Crippen LogP contribution in [0.2, 0.25) is 5.02 Å². The molecule has 0 atom stereocenters. The summed E-state index contributed by atoms with van der Waals surface area (Å²) >= 11 is 7.99. The Labute approximate surface area is 239 Å². The van der Waals surface area contributed by atoms with Crippen molar-refractivity contribution in [2.75, 3.05) is 26.0 Å². The lowest BCUT2D eigenvalue weighted by Gasteiger charge is -2.33. The largest absolute Gasteiger partial charge is 0.495 e. The molecule has 1 fully saturated rings. The predicted molar refractivity (Wildman–Crippen MR) is 155 cm³/mol. The Bertz CT molecular complexity index is 1300. The van der Waals surface area contributed by atoms with Crippen molar-refractivity contribution in [3.63, 3.8) is 0 Å². The van der Waals surface area contributed by atoms with Crippen LogP contribution in [0.3, 0.4) is 0 Å². The standard InChI is InChI=1S/C30H37ClFN3O3S/c1-29(2,3)38-28(36)34-15-13-20(14-16-34)19-39-27-33-18-26(35(27)23-10-8-22(32)9-11-23)30(4,5)21-7-12-24(31)25(17-21)37-6/h7-12,17-18,20H,13-16,19H2,1-6H3. The van der Waals surface area contributed by atoms with Crippen LogP contribution in [0.4, 0.5) is 9.18 Å². The number of methoxy groups -OCH3 is 1. The maximum Gasteiger partial charge on any atom is 0.410 e. The van der Waals surface area contributed by atoms with Crippen LogP contribution >= 0.6 is 23.4 Å². The smallest absolute Gasteiger partial charge is 0.410 e. The Morgan fingerprint density at radius 1 is 1.10 bits per heavy atom. The van der Waals surface area contributed by atoms with Gasteiger partial charge in [0.15, 0.2) is 5.16 Å². The van der Waals surface area contributed by atoms with Crippen molar-refractivity contribution in [3.8, 4) is 11.4 Å². The molecule has 2 heterocycles. The van der Waals surface area contributed by atoms with E-state index in [1.807, 2.05) is 45.2 Å². The second-order valence-corrected chi connectivity index (χ2v) is 12.8. The molecule has 0 saturated carbocycles. The molecule has 2 aromatic carbocycles. The first-order valence-corrected chi connectivity index (χ1v) is 14.5. The van der Waals surface area contributed by atoms with E-state index in [4.69, 9.17) is 26.1 Å². The summed E-state index contributed by atoms with van der Waals surface area (Å²) in [4.78, 5) is 19.1. The van der Waals surface area contributed by atoms with Gasteiger partial charge in [0.25, 0.3) is 0 Å². The third kappa shape index (κ3) is 6.90. The van der Waals surface area contributed by atoms with Gasteiger partial charge >= 0.3 is 6.09 Å². The summed E-state index contributed by atoms with van der Waals surface area (Å²) in [6.07, 6.45) is 3.47. The average Bonchev–Trinajstić information content (AvgIpc) is 3.32. The van der Waals surface area contributed by atoms with Crippen molar-refractivity contribution in [2.45, 2.75) is 63.6 Å². The summed E-state index contributed by atoms with van der Waals surface area (Å²) in [5.41, 5.74) is 1.90. The Morgan fingerprint density at radius 3 is 2.38 bits per heavy atom. The van der Waals surface area contributed by atoms with Crippen LogP contribution in [0.15, 0.2) is 53.8 Å². The van der Waals surface area contributed by atoms with E-state index in [0.29, 0.717) is 29.8 Å². The molecule has 0 radical (unpaired) electrons. The lowest BCUT2D eigenvalue weighted by atomic mass is 9.81. The fourth-order valence-electron chi connectivity index (χ4n) is 4.71. The lowest BCUT2D eigenvalue weighted by Crippen LogP contribution is -2.42. The molecule has 1 aliphatic heterocycles. The number of imidazole rings is 1. The zero-order valence-corrected chi connectivity index (χ0v) is 25.0. The Balaban J connectivity index is 1.55. The number of halogens is 2. The van der Waals surface area contributed by atoms with E-state index in [0.717, 1.165) is 40.7 Å². The topological polar surface area (TPSA) is 56.6 Å². The lowest BCUT2D eigenvalue weighted by molar-refractivity contribution is 0.0191. The molecule has 0 aliphatic carbocycles. The van der Waals surface area contributed by atoms with Crippen molar-refractivity contribution in [2.24, 2.45) is 5.92 Å². The zero-order chi connectivity index (χ0) is 28.4. The van der Waals surface area contributed by atoms with Gasteiger partial charge in [-0.1, -0.05) is 43.3 Å². The van der Waals surface area contributed by atoms with Gasteiger partial charge in [-0.3, -0.25) is 4.57 Å². The fraction of sp³-hybridized carbons (Fsp3) is 0.467. The van der Waals surface area contributed by atoms with E-state index in [-0.39, 0.29) is 11.9 Å². The predicted octanol–water partition coefficient (Wildman–Crippen LogP) is 7.74. The van der Waals surface area contributed by atoms with E-state index in [1.165, 1.54) is 12.1 Å². The van der Waals surface area contributed by atoms with Gasteiger partial charge in [-0.15, -0.1) is 0 Å². The number of hydrogen-bond donors (Lipinski definition) is 0. The number of nitrogens with zero attached hydrogens (tertiary/aromatic N) is 3. The van der Waals surface area contributed by atoms with E-state index < -0.39 is 11.0 Å². The van der Waals surface area contributed by atoms with Crippen LogP contribution < -0.4 is 4.74 Å². The maximum absolute atomic E-state index is 13.8. The van der Waals surface area contributed by atoms with Crippen molar-refractivity contribution < 1.29 is 18.7 Å². The second kappa shape index (κ2) is 11.8. The monoisotopic (exact) mass is 573 g/mol. The summed E-state index contributed by atoms with van der Waals surface area (Å²) in [6.45, 7) is 11.3. The van der Waals surface area contributed by atoms with Gasteiger partial charge in [0, 0.05) is 29.9 Å².